The summed E-state index contributed by atoms with van der Waals surface area (Å²) < 4.78 is 5.88. The van der Waals surface area contributed by atoms with Gasteiger partial charge in [-0.15, -0.1) is 0 Å². The Morgan fingerprint density at radius 2 is 1.82 bits per heavy atom. The molecule has 1 aliphatic heterocycles. The molecule has 22 heavy (non-hydrogen) atoms. The van der Waals surface area contributed by atoms with Crippen LogP contribution in [0.15, 0.2) is 42.5 Å². The van der Waals surface area contributed by atoms with Gasteiger partial charge in [-0.1, -0.05) is 30.3 Å². The van der Waals surface area contributed by atoms with Gasteiger partial charge in [0, 0.05) is 13.2 Å². The monoisotopic (exact) mass is 299 g/mol. The fourth-order valence-corrected chi connectivity index (χ4v) is 3.13. The van der Waals surface area contributed by atoms with E-state index in [1.165, 1.54) is 10.8 Å². The molecule has 1 fully saturated rings. The van der Waals surface area contributed by atoms with Crippen molar-refractivity contribution in [1.82, 2.24) is 4.90 Å². The number of ether oxygens (including phenoxy) is 1. The summed E-state index contributed by atoms with van der Waals surface area (Å²) in [4.78, 5) is 2.48. The molecule has 1 N–H and O–H groups in total. The molecule has 118 valence electrons. The highest BCUT2D eigenvalue weighted by molar-refractivity contribution is 5.83. The molecule has 0 atom stereocenters. The Bertz CT molecular complexity index is 591. The fraction of sp³-hybridized carbons (Fsp3) is 0.474. The largest absolute Gasteiger partial charge is 0.494 e. The third-order valence-electron chi connectivity index (χ3n) is 4.57. The molecule has 0 spiro atoms. The number of benzene rings is 2. The molecular formula is C19H25NO2. The van der Waals surface area contributed by atoms with Crippen LogP contribution < -0.4 is 4.74 Å². The van der Waals surface area contributed by atoms with Crippen molar-refractivity contribution in [3.8, 4) is 5.75 Å². The maximum absolute atomic E-state index is 9.15. The van der Waals surface area contributed by atoms with Gasteiger partial charge in [0.1, 0.15) is 5.75 Å². The van der Waals surface area contributed by atoms with Crippen molar-refractivity contribution in [2.24, 2.45) is 5.92 Å². The van der Waals surface area contributed by atoms with E-state index in [9.17, 15) is 0 Å². The Kier molecular flexibility index (Phi) is 5.30. The quantitative estimate of drug-likeness (QED) is 0.831. The summed E-state index contributed by atoms with van der Waals surface area (Å²) in [6, 6.07) is 14.6. The second-order valence-corrected chi connectivity index (χ2v) is 6.18. The average Bonchev–Trinajstić information content (AvgIpc) is 2.59. The lowest BCUT2D eigenvalue weighted by molar-refractivity contribution is 0.126. The van der Waals surface area contributed by atoms with E-state index in [0.29, 0.717) is 12.5 Å². The van der Waals surface area contributed by atoms with Gasteiger partial charge in [0.2, 0.25) is 0 Å². The highest BCUT2D eigenvalue weighted by Crippen LogP contribution is 2.21. The first-order valence-corrected chi connectivity index (χ1v) is 8.30. The molecule has 3 nitrogen and oxygen atoms in total. The SMILES string of the molecule is OCC1CCN(CCCOc2ccc3ccccc3c2)CC1. The third-order valence-corrected chi connectivity index (χ3v) is 4.57. The Morgan fingerprint density at radius 1 is 1.05 bits per heavy atom. The van der Waals surface area contributed by atoms with E-state index in [1.54, 1.807) is 0 Å². The maximum Gasteiger partial charge on any atom is 0.119 e. The minimum Gasteiger partial charge on any atom is -0.494 e. The van der Waals surface area contributed by atoms with Gasteiger partial charge in [-0.2, -0.15) is 0 Å². The molecule has 3 rings (SSSR count). The number of aliphatic hydroxyl groups excluding tert-OH is 1. The molecule has 1 saturated heterocycles. The van der Waals surface area contributed by atoms with Gasteiger partial charge in [0.15, 0.2) is 0 Å². The third kappa shape index (κ3) is 3.99. The van der Waals surface area contributed by atoms with Gasteiger partial charge in [-0.3, -0.25) is 0 Å². The number of fused-ring (bicyclic) bond motifs is 1. The van der Waals surface area contributed by atoms with Crippen LogP contribution >= 0.6 is 0 Å². The Hall–Kier alpha value is -1.58. The molecule has 0 unspecified atom stereocenters. The predicted molar refractivity (Wildman–Crippen MR) is 90.3 cm³/mol. The zero-order chi connectivity index (χ0) is 15.2. The van der Waals surface area contributed by atoms with Crippen LogP contribution in [0.5, 0.6) is 5.75 Å². The van der Waals surface area contributed by atoms with E-state index in [1.807, 2.05) is 0 Å². The highest BCUT2D eigenvalue weighted by Gasteiger charge is 2.17. The molecular weight excluding hydrogens is 274 g/mol. The van der Waals surface area contributed by atoms with E-state index < -0.39 is 0 Å². The minimum atomic E-state index is 0.346. The van der Waals surface area contributed by atoms with Gasteiger partial charge in [-0.25, -0.2) is 0 Å². The standard InChI is InChI=1S/C19H25NO2/c21-15-16-8-11-20(12-9-16)10-3-13-22-19-7-6-17-4-1-2-5-18(17)14-19/h1-2,4-7,14,16,21H,3,8-13,15H2. The maximum atomic E-state index is 9.15. The number of aliphatic hydroxyl groups is 1. The number of nitrogens with zero attached hydrogens (tertiary/aromatic N) is 1. The topological polar surface area (TPSA) is 32.7 Å². The second kappa shape index (κ2) is 7.61. The van der Waals surface area contributed by atoms with Crippen molar-refractivity contribution >= 4 is 10.8 Å². The van der Waals surface area contributed by atoms with E-state index in [-0.39, 0.29) is 0 Å². The Morgan fingerprint density at radius 3 is 2.59 bits per heavy atom. The molecule has 2 aromatic carbocycles. The second-order valence-electron chi connectivity index (χ2n) is 6.18. The molecule has 0 bridgehead atoms. The molecule has 3 heteroatoms. The van der Waals surface area contributed by atoms with Crippen molar-refractivity contribution in [2.75, 3.05) is 32.8 Å². The minimum absolute atomic E-state index is 0.346. The summed E-state index contributed by atoms with van der Waals surface area (Å²) >= 11 is 0. The molecule has 0 radical (unpaired) electrons. The zero-order valence-electron chi connectivity index (χ0n) is 13.1. The first kappa shape index (κ1) is 15.3. The van der Waals surface area contributed by atoms with Crippen molar-refractivity contribution in [2.45, 2.75) is 19.3 Å². The van der Waals surface area contributed by atoms with Crippen molar-refractivity contribution < 1.29 is 9.84 Å². The van der Waals surface area contributed by atoms with E-state index in [2.05, 4.69) is 47.4 Å². The number of rotatable bonds is 6. The Balaban J connectivity index is 1.41. The zero-order valence-corrected chi connectivity index (χ0v) is 13.1. The van der Waals surface area contributed by atoms with Crippen LogP contribution in [-0.2, 0) is 0 Å². The van der Waals surface area contributed by atoms with Gasteiger partial charge in [0.05, 0.1) is 6.61 Å². The summed E-state index contributed by atoms with van der Waals surface area (Å²) in [6.45, 7) is 4.42. The summed E-state index contributed by atoms with van der Waals surface area (Å²) in [5, 5.41) is 11.6. The number of piperidine rings is 1. The molecule has 2 aromatic rings. The van der Waals surface area contributed by atoms with Crippen LogP contribution in [0.1, 0.15) is 19.3 Å². The van der Waals surface area contributed by atoms with Crippen molar-refractivity contribution in [3.05, 3.63) is 42.5 Å². The van der Waals surface area contributed by atoms with Crippen LogP contribution in [0.25, 0.3) is 10.8 Å². The number of hydrogen-bond donors (Lipinski definition) is 1. The van der Waals surface area contributed by atoms with Crippen molar-refractivity contribution in [1.29, 1.82) is 0 Å². The van der Waals surface area contributed by atoms with E-state index in [4.69, 9.17) is 9.84 Å². The van der Waals surface area contributed by atoms with Crippen LogP contribution in [-0.4, -0.2) is 42.9 Å². The molecule has 0 aromatic heterocycles. The molecule has 0 amide bonds. The molecule has 0 aliphatic carbocycles. The molecule has 1 heterocycles. The Labute approximate surface area is 132 Å². The normalized spacial score (nSPS) is 17.0. The molecule has 1 aliphatic rings. The molecule has 0 saturated carbocycles. The van der Waals surface area contributed by atoms with Crippen LogP contribution in [0.4, 0.5) is 0 Å². The van der Waals surface area contributed by atoms with Gasteiger partial charge >= 0.3 is 0 Å². The van der Waals surface area contributed by atoms with Gasteiger partial charge < -0.3 is 14.7 Å². The fourth-order valence-electron chi connectivity index (χ4n) is 3.13. The first-order chi connectivity index (χ1) is 10.8. The van der Waals surface area contributed by atoms with Crippen molar-refractivity contribution in [3.63, 3.8) is 0 Å². The van der Waals surface area contributed by atoms with Gasteiger partial charge in [-0.05, 0) is 61.2 Å². The lowest BCUT2D eigenvalue weighted by Crippen LogP contribution is -2.35. The first-order valence-electron chi connectivity index (χ1n) is 8.30. The average molecular weight is 299 g/mol. The highest BCUT2D eigenvalue weighted by atomic mass is 16.5. The van der Waals surface area contributed by atoms with E-state index >= 15 is 0 Å². The summed E-state index contributed by atoms with van der Waals surface area (Å²) in [5.41, 5.74) is 0. The number of hydrogen-bond acceptors (Lipinski definition) is 3. The lowest BCUT2D eigenvalue weighted by Gasteiger charge is -2.30. The predicted octanol–water partition coefficient (Wildman–Crippen LogP) is 3.31. The van der Waals surface area contributed by atoms with Crippen LogP contribution in [0, 0.1) is 5.92 Å². The summed E-state index contributed by atoms with van der Waals surface area (Å²) in [7, 11) is 0. The van der Waals surface area contributed by atoms with E-state index in [0.717, 1.165) is 51.3 Å². The smallest absolute Gasteiger partial charge is 0.119 e. The number of likely N-dealkylation sites (tertiary alicyclic amines) is 1. The van der Waals surface area contributed by atoms with Gasteiger partial charge in [0.25, 0.3) is 0 Å². The lowest BCUT2D eigenvalue weighted by atomic mass is 9.98. The van der Waals surface area contributed by atoms with Crippen LogP contribution in [0.3, 0.4) is 0 Å². The summed E-state index contributed by atoms with van der Waals surface area (Å²) in [5.74, 6) is 1.47. The van der Waals surface area contributed by atoms with Crippen LogP contribution in [0.2, 0.25) is 0 Å². The summed E-state index contributed by atoms with van der Waals surface area (Å²) in [6.07, 6.45) is 3.31.